The van der Waals surface area contributed by atoms with Crippen LogP contribution in [0.2, 0.25) is 0 Å². The molecule has 2 aromatic heterocycles. The van der Waals surface area contributed by atoms with E-state index in [1.807, 2.05) is 12.4 Å². The summed E-state index contributed by atoms with van der Waals surface area (Å²) in [5.74, 6) is 0.669. The summed E-state index contributed by atoms with van der Waals surface area (Å²) in [5, 5.41) is 2.33. The van der Waals surface area contributed by atoms with Crippen LogP contribution in [0.1, 0.15) is 22.3 Å². The third-order valence-electron chi connectivity index (χ3n) is 14.0. The van der Waals surface area contributed by atoms with Crippen LogP contribution in [-0.4, -0.2) is 14.5 Å². The van der Waals surface area contributed by atoms with Crippen LogP contribution in [0, 0.1) is 0 Å². The molecule has 13 rings (SSSR count). The number of rotatable bonds is 9. The Hall–Kier alpha value is -9.12. The number of anilines is 3. The molecular formula is C65H44N4. The lowest BCUT2D eigenvalue weighted by Gasteiger charge is -2.34. The summed E-state index contributed by atoms with van der Waals surface area (Å²) < 4.78 is 2.42. The van der Waals surface area contributed by atoms with Crippen molar-refractivity contribution >= 4 is 38.9 Å². The fourth-order valence-corrected chi connectivity index (χ4v) is 10.9. The van der Waals surface area contributed by atoms with Crippen molar-refractivity contribution < 1.29 is 0 Å². The molecule has 0 saturated heterocycles. The molecule has 69 heavy (non-hydrogen) atoms. The van der Waals surface area contributed by atoms with Gasteiger partial charge in [-0.3, -0.25) is 0 Å². The average Bonchev–Trinajstić information content (AvgIpc) is 3.92. The van der Waals surface area contributed by atoms with Gasteiger partial charge in [0.25, 0.3) is 0 Å². The first-order valence-corrected chi connectivity index (χ1v) is 23.5. The zero-order chi connectivity index (χ0) is 45.7. The molecule has 0 fully saturated rings. The van der Waals surface area contributed by atoms with Crippen LogP contribution in [0.25, 0.3) is 72.3 Å². The molecule has 12 aromatic rings. The van der Waals surface area contributed by atoms with Crippen molar-refractivity contribution in [2.75, 3.05) is 4.90 Å². The van der Waals surface area contributed by atoms with E-state index in [-0.39, 0.29) is 0 Å². The van der Waals surface area contributed by atoms with Crippen LogP contribution in [0.15, 0.2) is 267 Å². The molecule has 0 bridgehead atoms. The van der Waals surface area contributed by atoms with Crippen molar-refractivity contribution in [3.05, 3.63) is 289 Å². The molecule has 0 aliphatic heterocycles. The predicted octanol–water partition coefficient (Wildman–Crippen LogP) is 16.4. The van der Waals surface area contributed by atoms with E-state index in [0.29, 0.717) is 5.82 Å². The Morgan fingerprint density at radius 2 is 0.812 bits per heavy atom. The van der Waals surface area contributed by atoms with Gasteiger partial charge in [0.15, 0.2) is 5.82 Å². The highest BCUT2D eigenvalue weighted by atomic mass is 15.2. The van der Waals surface area contributed by atoms with Crippen LogP contribution in [-0.2, 0) is 5.41 Å². The second-order valence-electron chi connectivity index (χ2n) is 17.8. The van der Waals surface area contributed by atoms with E-state index in [0.717, 1.165) is 55.9 Å². The highest BCUT2D eigenvalue weighted by Gasteiger charge is 2.46. The van der Waals surface area contributed by atoms with E-state index in [1.54, 1.807) is 0 Å². The molecule has 324 valence electrons. The molecule has 1 aliphatic rings. The molecule has 4 nitrogen and oxygen atoms in total. The first-order chi connectivity index (χ1) is 34.2. The van der Waals surface area contributed by atoms with Crippen LogP contribution in [0.4, 0.5) is 17.1 Å². The van der Waals surface area contributed by atoms with Crippen molar-refractivity contribution in [2.45, 2.75) is 5.41 Å². The van der Waals surface area contributed by atoms with Crippen molar-refractivity contribution in [3.8, 4) is 50.5 Å². The van der Waals surface area contributed by atoms with Gasteiger partial charge in [-0.15, -0.1) is 0 Å². The van der Waals surface area contributed by atoms with Gasteiger partial charge in [-0.1, -0.05) is 194 Å². The molecule has 0 amide bonds. The lowest BCUT2D eigenvalue weighted by atomic mass is 9.67. The van der Waals surface area contributed by atoms with Crippen LogP contribution < -0.4 is 4.90 Å². The Balaban J connectivity index is 0.903. The molecular weight excluding hydrogens is 837 g/mol. The van der Waals surface area contributed by atoms with E-state index in [9.17, 15) is 0 Å². The topological polar surface area (TPSA) is 34.0 Å². The lowest BCUT2D eigenvalue weighted by molar-refractivity contribution is 0.767. The molecule has 4 heteroatoms. The van der Waals surface area contributed by atoms with Gasteiger partial charge in [0.2, 0.25) is 0 Å². The maximum Gasteiger partial charge on any atom is 0.159 e. The summed E-state index contributed by atoms with van der Waals surface area (Å²) in [6.45, 7) is 0. The van der Waals surface area contributed by atoms with Crippen molar-refractivity contribution in [3.63, 3.8) is 0 Å². The highest BCUT2D eigenvalue weighted by Crippen LogP contribution is 2.56. The smallest absolute Gasteiger partial charge is 0.159 e. The second kappa shape index (κ2) is 16.6. The summed E-state index contributed by atoms with van der Waals surface area (Å²) >= 11 is 0. The molecule has 10 aromatic carbocycles. The van der Waals surface area contributed by atoms with Crippen LogP contribution >= 0.6 is 0 Å². The molecule has 0 N–H and O–H groups in total. The summed E-state index contributed by atoms with van der Waals surface area (Å²) in [7, 11) is 0. The monoisotopic (exact) mass is 880 g/mol. The number of hydrogen-bond donors (Lipinski definition) is 0. The molecule has 0 spiro atoms. The first kappa shape index (κ1) is 40.2. The molecule has 1 aliphatic carbocycles. The van der Waals surface area contributed by atoms with Crippen molar-refractivity contribution in [2.24, 2.45) is 0 Å². The van der Waals surface area contributed by atoms with E-state index in [4.69, 9.17) is 9.97 Å². The fraction of sp³-hybridized carbons (Fsp3) is 0.0154. The Labute approximate surface area is 401 Å². The van der Waals surface area contributed by atoms with Gasteiger partial charge in [-0.25, -0.2) is 9.97 Å². The number of para-hydroxylation sites is 1. The average molecular weight is 881 g/mol. The van der Waals surface area contributed by atoms with Gasteiger partial charge < -0.3 is 9.47 Å². The quantitative estimate of drug-likeness (QED) is 0.145. The van der Waals surface area contributed by atoms with Crippen molar-refractivity contribution in [1.29, 1.82) is 0 Å². The minimum atomic E-state index is -0.493. The Bertz CT molecular complexity index is 3670. The summed E-state index contributed by atoms with van der Waals surface area (Å²) in [4.78, 5) is 12.4. The summed E-state index contributed by atoms with van der Waals surface area (Å²) in [6, 6.07) is 91.8. The van der Waals surface area contributed by atoms with Gasteiger partial charge in [0.1, 0.15) is 0 Å². The maximum atomic E-state index is 5.08. The predicted molar refractivity (Wildman–Crippen MR) is 285 cm³/mol. The molecule has 2 heterocycles. The fourth-order valence-electron chi connectivity index (χ4n) is 10.9. The standard InChI is InChI=1S/C65H44N4/c1-5-17-45(18-6-1)47-29-34-52(35-30-47)68(53-36-31-48(32-37-53)46-19-7-2-8-20-46)55-43-66-64(67-44-55)49-33-40-63-59(41-49)58-26-14-16-28-62(58)69(63)54-38-39-57-56-25-13-15-27-60(56)65(61(57)42-54,50-21-9-3-10-22-50)51-23-11-4-12-24-51/h1-44H. The Morgan fingerprint density at radius 3 is 1.42 bits per heavy atom. The molecule has 0 unspecified atom stereocenters. The highest BCUT2D eigenvalue weighted by molar-refractivity contribution is 6.10. The van der Waals surface area contributed by atoms with Crippen LogP contribution in [0.5, 0.6) is 0 Å². The van der Waals surface area contributed by atoms with Gasteiger partial charge in [0.05, 0.1) is 34.5 Å². The van der Waals surface area contributed by atoms with E-state index in [1.165, 1.54) is 49.9 Å². The largest absolute Gasteiger partial charge is 0.309 e. The zero-order valence-electron chi connectivity index (χ0n) is 37.7. The normalized spacial score (nSPS) is 12.5. The number of fused-ring (bicyclic) bond motifs is 6. The zero-order valence-corrected chi connectivity index (χ0v) is 37.7. The first-order valence-electron chi connectivity index (χ1n) is 23.5. The number of aromatic nitrogens is 3. The van der Waals surface area contributed by atoms with E-state index < -0.39 is 5.41 Å². The minimum Gasteiger partial charge on any atom is -0.309 e. The summed E-state index contributed by atoms with van der Waals surface area (Å²) in [6.07, 6.45) is 3.89. The number of nitrogens with zero attached hydrogens (tertiary/aromatic N) is 4. The third kappa shape index (κ3) is 6.68. The van der Waals surface area contributed by atoms with Gasteiger partial charge in [0, 0.05) is 33.4 Å². The van der Waals surface area contributed by atoms with Gasteiger partial charge in [-0.05, 0) is 116 Å². The van der Waals surface area contributed by atoms with Gasteiger partial charge >= 0.3 is 0 Å². The van der Waals surface area contributed by atoms with Crippen LogP contribution in [0.3, 0.4) is 0 Å². The number of hydrogen-bond acceptors (Lipinski definition) is 3. The minimum absolute atomic E-state index is 0.493. The lowest BCUT2D eigenvalue weighted by Crippen LogP contribution is -2.28. The van der Waals surface area contributed by atoms with Gasteiger partial charge in [-0.2, -0.15) is 0 Å². The maximum absolute atomic E-state index is 5.08. The van der Waals surface area contributed by atoms with Crippen molar-refractivity contribution in [1.82, 2.24) is 14.5 Å². The Kier molecular flexibility index (Phi) is 9.69. The van der Waals surface area contributed by atoms with E-state index >= 15 is 0 Å². The molecule has 0 atom stereocenters. The third-order valence-corrected chi connectivity index (χ3v) is 14.0. The second-order valence-corrected chi connectivity index (χ2v) is 17.8. The number of benzene rings is 10. The summed E-state index contributed by atoms with van der Waals surface area (Å²) in [5.41, 5.74) is 19.1. The molecule has 0 radical (unpaired) electrons. The SMILES string of the molecule is c1ccc(-c2ccc(N(c3ccc(-c4ccccc4)cc3)c3cnc(-c4ccc5c(c4)c4ccccc4n5-c4ccc5c(c4)C(c4ccccc4)(c4ccccc4)c4ccccc4-5)nc3)cc2)cc1. The van der Waals surface area contributed by atoms with E-state index in [2.05, 4.69) is 264 Å². The molecule has 0 saturated carbocycles. The Morgan fingerprint density at radius 1 is 0.333 bits per heavy atom.